The minimum absolute atomic E-state index is 0.0537. The summed E-state index contributed by atoms with van der Waals surface area (Å²) < 4.78 is 5.29. The monoisotopic (exact) mass is 290 g/mol. The fourth-order valence-electron chi connectivity index (χ4n) is 2.33. The van der Waals surface area contributed by atoms with Crippen LogP contribution in [-0.4, -0.2) is 28.1 Å². The largest absolute Gasteiger partial charge is 0.508 e. The molecule has 0 unspecified atom stereocenters. The lowest BCUT2D eigenvalue weighted by molar-refractivity contribution is -0.114. The van der Waals surface area contributed by atoms with Gasteiger partial charge in [-0.25, -0.2) is 4.79 Å². The van der Waals surface area contributed by atoms with Crippen LogP contribution in [0.1, 0.15) is 42.1 Å². The Morgan fingerprint density at radius 3 is 2.76 bits per heavy atom. The van der Waals surface area contributed by atoms with Gasteiger partial charge in [-0.2, -0.15) is 0 Å². The maximum Gasteiger partial charge on any atom is 0.342 e. The molecule has 0 spiro atoms. The van der Waals surface area contributed by atoms with Crippen molar-refractivity contribution in [1.29, 1.82) is 0 Å². The molecule has 0 saturated carbocycles. The Balaban J connectivity index is 2.44. The van der Waals surface area contributed by atoms with Gasteiger partial charge in [0.15, 0.2) is 5.78 Å². The van der Waals surface area contributed by atoms with Crippen molar-refractivity contribution in [3.63, 3.8) is 0 Å². The highest BCUT2D eigenvalue weighted by atomic mass is 16.5. The zero-order valence-electron chi connectivity index (χ0n) is 11.8. The Morgan fingerprint density at radius 2 is 2.00 bits per heavy atom. The Labute approximate surface area is 122 Å². The molecule has 0 aliphatic carbocycles. The van der Waals surface area contributed by atoms with E-state index in [1.165, 1.54) is 12.1 Å². The first kappa shape index (κ1) is 15.1. The van der Waals surface area contributed by atoms with Gasteiger partial charge in [0.25, 0.3) is 0 Å². The summed E-state index contributed by atoms with van der Waals surface area (Å²) in [5.74, 6) is -1.44. The number of phenolic OH excluding ortho intramolecular Hbond substituents is 2. The second-order valence-electron chi connectivity index (χ2n) is 5.19. The van der Waals surface area contributed by atoms with Gasteiger partial charge < -0.3 is 14.9 Å². The van der Waals surface area contributed by atoms with Crippen molar-refractivity contribution < 1.29 is 24.5 Å². The molecule has 0 aromatic heterocycles. The maximum atomic E-state index is 12.2. The second kappa shape index (κ2) is 6.43. The number of esters is 1. The molecule has 1 heterocycles. The van der Waals surface area contributed by atoms with Crippen molar-refractivity contribution in [2.45, 2.75) is 38.7 Å². The van der Waals surface area contributed by atoms with E-state index < -0.39 is 5.97 Å². The average Bonchev–Trinajstić information content (AvgIpc) is 2.35. The quantitative estimate of drug-likeness (QED) is 0.717. The van der Waals surface area contributed by atoms with Crippen molar-refractivity contribution >= 4 is 11.8 Å². The van der Waals surface area contributed by atoms with Crippen LogP contribution >= 0.6 is 0 Å². The third-order valence-corrected chi connectivity index (χ3v) is 3.35. The molecular weight excluding hydrogens is 272 g/mol. The Hall–Kier alpha value is -2.30. The van der Waals surface area contributed by atoms with E-state index in [2.05, 4.69) is 0 Å². The molecule has 5 nitrogen and oxygen atoms in total. The number of ether oxygens (including phenoxy) is 1. The number of aromatic hydroxyl groups is 2. The maximum absolute atomic E-state index is 12.2. The van der Waals surface area contributed by atoms with Gasteiger partial charge in [0.05, 0.1) is 6.10 Å². The smallest absolute Gasteiger partial charge is 0.342 e. The fraction of sp³-hybridized carbons (Fsp3) is 0.375. The van der Waals surface area contributed by atoms with Crippen LogP contribution in [0.5, 0.6) is 11.5 Å². The van der Waals surface area contributed by atoms with E-state index in [1.807, 2.05) is 0 Å². The molecule has 2 rings (SSSR count). The van der Waals surface area contributed by atoms with E-state index in [1.54, 1.807) is 13.0 Å². The molecule has 2 N–H and O–H groups in total. The number of fused-ring (bicyclic) bond motifs is 1. The van der Waals surface area contributed by atoms with Crippen LogP contribution in [0.25, 0.3) is 0 Å². The zero-order valence-corrected chi connectivity index (χ0v) is 11.8. The van der Waals surface area contributed by atoms with Gasteiger partial charge in [0, 0.05) is 12.5 Å². The zero-order chi connectivity index (χ0) is 15.4. The summed E-state index contributed by atoms with van der Waals surface area (Å²) in [6, 6.07) is 2.37. The van der Waals surface area contributed by atoms with Crippen molar-refractivity contribution in [3.05, 3.63) is 35.4 Å². The summed E-state index contributed by atoms with van der Waals surface area (Å²) in [5.41, 5.74) is 0.210. The number of ketones is 1. The van der Waals surface area contributed by atoms with Crippen molar-refractivity contribution in [2.24, 2.45) is 0 Å². The first-order chi connectivity index (χ1) is 9.97. The molecule has 0 saturated heterocycles. The van der Waals surface area contributed by atoms with Crippen LogP contribution in [0.3, 0.4) is 0 Å². The van der Waals surface area contributed by atoms with Crippen LogP contribution in [0.15, 0.2) is 24.3 Å². The topological polar surface area (TPSA) is 83.8 Å². The van der Waals surface area contributed by atoms with Crippen molar-refractivity contribution in [1.82, 2.24) is 0 Å². The van der Waals surface area contributed by atoms with Gasteiger partial charge >= 0.3 is 5.97 Å². The highest BCUT2D eigenvalue weighted by Gasteiger charge is 2.22. The van der Waals surface area contributed by atoms with E-state index in [4.69, 9.17) is 4.74 Å². The molecule has 1 aromatic rings. The lowest BCUT2D eigenvalue weighted by Gasteiger charge is -2.16. The number of hydrogen-bond acceptors (Lipinski definition) is 5. The fourth-order valence-corrected chi connectivity index (χ4v) is 2.33. The van der Waals surface area contributed by atoms with Gasteiger partial charge in [-0.15, -0.1) is 0 Å². The van der Waals surface area contributed by atoms with Crippen LogP contribution in [0.2, 0.25) is 0 Å². The van der Waals surface area contributed by atoms with Crippen LogP contribution < -0.4 is 0 Å². The van der Waals surface area contributed by atoms with E-state index >= 15 is 0 Å². The Morgan fingerprint density at radius 1 is 1.24 bits per heavy atom. The summed E-state index contributed by atoms with van der Waals surface area (Å²) in [5, 5.41) is 19.4. The van der Waals surface area contributed by atoms with E-state index in [-0.39, 0.29) is 40.9 Å². The van der Waals surface area contributed by atoms with Crippen LogP contribution in [-0.2, 0) is 16.0 Å². The van der Waals surface area contributed by atoms with Crippen molar-refractivity contribution in [3.8, 4) is 11.5 Å². The van der Waals surface area contributed by atoms with Gasteiger partial charge in [-0.3, -0.25) is 4.79 Å². The lowest BCUT2D eigenvalue weighted by Crippen LogP contribution is -2.18. The lowest BCUT2D eigenvalue weighted by atomic mass is 9.99. The second-order valence-corrected chi connectivity index (χ2v) is 5.19. The average molecular weight is 290 g/mol. The highest BCUT2D eigenvalue weighted by Crippen LogP contribution is 2.29. The van der Waals surface area contributed by atoms with Gasteiger partial charge in [-0.05, 0) is 43.9 Å². The number of benzene rings is 1. The SMILES string of the molecule is C[C@H]1CCC/C=C/C(=O)Cc2cc(O)cc(O)c2C(=O)O1. The van der Waals surface area contributed by atoms with Gasteiger partial charge in [0.2, 0.25) is 0 Å². The number of allylic oxidation sites excluding steroid dienone is 2. The molecule has 1 aliphatic heterocycles. The number of rotatable bonds is 0. The predicted octanol–water partition coefficient (Wildman–Crippen LogP) is 2.49. The van der Waals surface area contributed by atoms with Crippen LogP contribution in [0, 0.1) is 0 Å². The van der Waals surface area contributed by atoms with Gasteiger partial charge in [0.1, 0.15) is 17.1 Å². The number of carbonyl (C=O) groups is 2. The van der Waals surface area contributed by atoms with E-state index in [0.717, 1.165) is 18.9 Å². The predicted molar refractivity (Wildman–Crippen MR) is 76.4 cm³/mol. The minimum Gasteiger partial charge on any atom is -0.508 e. The normalized spacial score (nSPS) is 21.7. The number of phenols is 2. The molecule has 0 radical (unpaired) electrons. The molecular formula is C16H18O5. The minimum atomic E-state index is -0.674. The third-order valence-electron chi connectivity index (χ3n) is 3.35. The molecule has 0 fully saturated rings. The molecule has 0 amide bonds. The molecule has 1 aliphatic rings. The molecule has 112 valence electrons. The summed E-state index contributed by atoms with van der Waals surface area (Å²) in [6.45, 7) is 1.79. The number of hydrogen-bond donors (Lipinski definition) is 2. The Kier molecular flexibility index (Phi) is 4.62. The summed E-state index contributed by atoms with van der Waals surface area (Å²) >= 11 is 0. The highest BCUT2D eigenvalue weighted by molar-refractivity contribution is 5.98. The molecule has 21 heavy (non-hydrogen) atoms. The molecule has 1 atom stereocenters. The number of cyclic esters (lactones) is 1. The summed E-state index contributed by atoms with van der Waals surface area (Å²) in [7, 11) is 0. The Bertz CT molecular complexity index is 589. The van der Waals surface area contributed by atoms with Gasteiger partial charge in [-0.1, -0.05) is 6.08 Å². The van der Waals surface area contributed by atoms with Crippen molar-refractivity contribution in [2.75, 3.05) is 0 Å². The molecule has 0 bridgehead atoms. The standard InChI is InChI=1S/C16H18O5/c1-10-5-3-2-4-6-12(17)7-11-8-13(18)9-14(19)15(11)16(20)21-10/h4,6,8-10,18-19H,2-3,5,7H2,1H3/b6-4+/t10-/m0/s1. The summed E-state index contributed by atoms with van der Waals surface area (Å²) in [6.07, 6.45) is 5.15. The van der Waals surface area contributed by atoms with E-state index in [9.17, 15) is 19.8 Å². The molecule has 5 heteroatoms. The molecule has 1 aromatic carbocycles. The number of carbonyl (C=O) groups excluding carboxylic acids is 2. The first-order valence-electron chi connectivity index (χ1n) is 6.92. The van der Waals surface area contributed by atoms with Crippen LogP contribution in [0.4, 0.5) is 0 Å². The first-order valence-corrected chi connectivity index (χ1v) is 6.92. The third kappa shape index (κ3) is 3.84. The summed E-state index contributed by atoms with van der Waals surface area (Å²) in [4.78, 5) is 24.0. The van der Waals surface area contributed by atoms with E-state index in [0.29, 0.717) is 6.42 Å².